The SMILES string of the molecule is CC[C@@H](N)C(=O)NC(CO)CC(C)C. The van der Waals surface area contributed by atoms with Crippen molar-refractivity contribution in [2.75, 3.05) is 6.61 Å². The van der Waals surface area contributed by atoms with Crippen molar-refractivity contribution in [1.29, 1.82) is 0 Å². The average molecular weight is 202 g/mol. The van der Waals surface area contributed by atoms with Gasteiger partial charge in [0.2, 0.25) is 5.91 Å². The zero-order valence-corrected chi connectivity index (χ0v) is 9.29. The van der Waals surface area contributed by atoms with Crippen LogP contribution in [0.4, 0.5) is 0 Å². The van der Waals surface area contributed by atoms with Crippen LogP contribution < -0.4 is 11.1 Å². The number of carbonyl (C=O) groups is 1. The lowest BCUT2D eigenvalue weighted by atomic mass is 10.0. The van der Waals surface area contributed by atoms with Gasteiger partial charge < -0.3 is 16.2 Å². The van der Waals surface area contributed by atoms with Gasteiger partial charge in [-0.15, -0.1) is 0 Å². The fourth-order valence-electron chi connectivity index (χ4n) is 1.24. The van der Waals surface area contributed by atoms with Gasteiger partial charge in [-0.3, -0.25) is 4.79 Å². The molecule has 0 saturated carbocycles. The highest BCUT2D eigenvalue weighted by molar-refractivity contribution is 5.81. The summed E-state index contributed by atoms with van der Waals surface area (Å²) in [5.41, 5.74) is 5.56. The van der Waals surface area contributed by atoms with Gasteiger partial charge in [0.1, 0.15) is 0 Å². The van der Waals surface area contributed by atoms with Gasteiger partial charge in [0.15, 0.2) is 0 Å². The molecule has 0 aromatic carbocycles. The van der Waals surface area contributed by atoms with Crippen molar-refractivity contribution >= 4 is 5.91 Å². The van der Waals surface area contributed by atoms with E-state index in [1.165, 1.54) is 0 Å². The Morgan fingerprint density at radius 1 is 1.50 bits per heavy atom. The van der Waals surface area contributed by atoms with Crippen molar-refractivity contribution in [1.82, 2.24) is 5.32 Å². The first-order valence-corrected chi connectivity index (χ1v) is 5.18. The molecule has 0 aromatic rings. The van der Waals surface area contributed by atoms with Crippen LogP contribution in [0.15, 0.2) is 0 Å². The molecule has 4 nitrogen and oxygen atoms in total. The van der Waals surface area contributed by atoms with Gasteiger partial charge in [0.25, 0.3) is 0 Å². The molecule has 1 unspecified atom stereocenters. The van der Waals surface area contributed by atoms with E-state index >= 15 is 0 Å². The number of aliphatic hydroxyl groups is 1. The van der Waals surface area contributed by atoms with Gasteiger partial charge in [-0.1, -0.05) is 20.8 Å². The lowest BCUT2D eigenvalue weighted by Crippen LogP contribution is -2.46. The highest BCUT2D eigenvalue weighted by Crippen LogP contribution is 2.04. The van der Waals surface area contributed by atoms with Crippen molar-refractivity contribution < 1.29 is 9.90 Å². The molecule has 0 radical (unpaired) electrons. The van der Waals surface area contributed by atoms with Gasteiger partial charge in [0.05, 0.1) is 18.7 Å². The molecule has 0 heterocycles. The molecule has 0 fully saturated rings. The summed E-state index contributed by atoms with van der Waals surface area (Å²) in [6, 6.07) is -0.628. The number of nitrogens with one attached hydrogen (secondary N) is 1. The summed E-state index contributed by atoms with van der Waals surface area (Å²) in [4.78, 5) is 11.4. The van der Waals surface area contributed by atoms with Gasteiger partial charge in [-0.05, 0) is 18.8 Å². The fourth-order valence-corrected chi connectivity index (χ4v) is 1.24. The van der Waals surface area contributed by atoms with E-state index in [0.717, 1.165) is 6.42 Å². The molecule has 84 valence electrons. The van der Waals surface area contributed by atoms with Crippen LogP contribution in [0, 0.1) is 5.92 Å². The van der Waals surface area contributed by atoms with Crippen molar-refractivity contribution in [3.63, 3.8) is 0 Å². The Balaban J connectivity index is 3.98. The number of hydrogen-bond donors (Lipinski definition) is 3. The van der Waals surface area contributed by atoms with Crippen LogP contribution >= 0.6 is 0 Å². The van der Waals surface area contributed by atoms with Crippen LogP contribution in [0.5, 0.6) is 0 Å². The monoisotopic (exact) mass is 202 g/mol. The van der Waals surface area contributed by atoms with Gasteiger partial charge >= 0.3 is 0 Å². The normalized spacial score (nSPS) is 15.3. The topological polar surface area (TPSA) is 75.4 Å². The molecule has 0 spiro atoms. The second-order valence-corrected chi connectivity index (χ2v) is 4.03. The molecule has 0 bridgehead atoms. The highest BCUT2D eigenvalue weighted by Gasteiger charge is 2.16. The highest BCUT2D eigenvalue weighted by atomic mass is 16.3. The molecule has 4 heteroatoms. The maximum absolute atomic E-state index is 11.4. The molecule has 0 aliphatic carbocycles. The maximum atomic E-state index is 11.4. The molecule has 0 rings (SSSR count). The Kier molecular flexibility index (Phi) is 6.49. The molecule has 0 saturated heterocycles. The molecule has 4 N–H and O–H groups in total. The second-order valence-electron chi connectivity index (χ2n) is 4.03. The van der Waals surface area contributed by atoms with E-state index in [9.17, 15) is 4.79 Å². The van der Waals surface area contributed by atoms with Crippen LogP contribution in [0.2, 0.25) is 0 Å². The first-order valence-electron chi connectivity index (χ1n) is 5.18. The first-order chi connectivity index (χ1) is 6.51. The molecule has 14 heavy (non-hydrogen) atoms. The van der Waals surface area contributed by atoms with Gasteiger partial charge in [0, 0.05) is 0 Å². The number of amides is 1. The van der Waals surface area contributed by atoms with E-state index in [1.807, 2.05) is 6.92 Å². The standard InChI is InChI=1S/C10H22N2O2/c1-4-9(11)10(14)12-8(6-13)5-7(2)3/h7-9,13H,4-6,11H2,1-3H3,(H,12,14)/t8?,9-/m1/s1. The molecule has 2 atom stereocenters. The number of carbonyl (C=O) groups excluding carboxylic acids is 1. The number of rotatable bonds is 6. The Hall–Kier alpha value is -0.610. The van der Waals surface area contributed by atoms with E-state index in [0.29, 0.717) is 12.3 Å². The van der Waals surface area contributed by atoms with Crippen LogP contribution in [0.25, 0.3) is 0 Å². The smallest absolute Gasteiger partial charge is 0.237 e. The zero-order chi connectivity index (χ0) is 11.1. The van der Waals surface area contributed by atoms with E-state index < -0.39 is 6.04 Å². The quantitative estimate of drug-likeness (QED) is 0.578. The summed E-state index contributed by atoms with van der Waals surface area (Å²) in [7, 11) is 0. The van der Waals surface area contributed by atoms with E-state index in [1.54, 1.807) is 0 Å². The van der Waals surface area contributed by atoms with Crippen molar-refractivity contribution in [2.45, 2.75) is 45.7 Å². The Labute approximate surface area is 85.9 Å². The number of nitrogens with two attached hydrogens (primary N) is 1. The minimum absolute atomic E-state index is 0.0274. The summed E-state index contributed by atoms with van der Waals surface area (Å²) >= 11 is 0. The first kappa shape index (κ1) is 13.4. The molecule has 0 aromatic heterocycles. The Morgan fingerprint density at radius 2 is 2.07 bits per heavy atom. The van der Waals surface area contributed by atoms with Crippen LogP contribution in [0.1, 0.15) is 33.6 Å². The van der Waals surface area contributed by atoms with Gasteiger partial charge in [-0.25, -0.2) is 0 Å². The van der Waals surface area contributed by atoms with Crippen molar-refractivity contribution in [2.24, 2.45) is 11.7 Å². The van der Waals surface area contributed by atoms with Crippen LogP contribution in [-0.4, -0.2) is 29.7 Å². The summed E-state index contributed by atoms with van der Waals surface area (Å²) in [5.74, 6) is 0.275. The van der Waals surface area contributed by atoms with Gasteiger partial charge in [-0.2, -0.15) is 0 Å². The minimum atomic E-state index is -0.462. The third-order valence-corrected chi connectivity index (χ3v) is 2.10. The third kappa shape index (κ3) is 5.19. The number of aliphatic hydroxyl groups excluding tert-OH is 1. The fraction of sp³-hybridized carbons (Fsp3) is 0.900. The Morgan fingerprint density at radius 3 is 2.43 bits per heavy atom. The van der Waals surface area contributed by atoms with Crippen LogP contribution in [-0.2, 0) is 4.79 Å². The van der Waals surface area contributed by atoms with E-state index in [4.69, 9.17) is 10.8 Å². The predicted molar refractivity (Wildman–Crippen MR) is 56.7 cm³/mol. The van der Waals surface area contributed by atoms with E-state index in [-0.39, 0.29) is 18.6 Å². The summed E-state index contributed by atoms with van der Waals surface area (Å²) < 4.78 is 0. The summed E-state index contributed by atoms with van der Waals surface area (Å²) in [5, 5.41) is 11.8. The molecule has 0 aliphatic rings. The minimum Gasteiger partial charge on any atom is -0.394 e. The lowest BCUT2D eigenvalue weighted by Gasteiger charge is -2.20. The molecule has 1 amide bonds. The molecular formula is C10H22N2O2. The van der Waals surface area contributed by atoms with Crippen molar-refractivity contribution in [3.05, 3.63) is 0 Å². The summed E-state index contributed by atoms with van der Waals surface area (Å²) in [6.07, 6.45) is 1.39. The zero-order valence-electron chi connectivity index (χ0n) is 9.29. The lowest BCUT2D eigenvalue weighted by molar-refractivity contribution is -0.123. The number of hydrogen-bond acceptors (Lipinski definition) is 3. The largest absolute Gasteiger partial charge is 0.394 e. The maximum Gasteiger partial charge on any atom is 0.237 e. The third-order valence-electron chi connectivity index (χ3n) is 2.10. The van der Waals surface area contributed by atoms with Crippen molar-refractivity contribution in [3.8, 4) is 0 Å². The second kappa shape index (κ2) is 6.79. The molecule has 0 aliphatic heterocycles. The Bertz CT molecular complexity index is 172. The van der Waals surface area contributed by atoms with E-state index in [2.05, 4.69) is 19.2 Å². The molecular weight excluding hydrogens is 180 g/mol. The average Bonchev–Trinajstić information content (AvgIpc) is 2.14. The predicted octanol–water partition coefficient (Wildman–Crippen LogP) is 0.247. The summed E-state index contributed by atoms with van der Waals surface area (Å²) in [6.45, 7) is 5.93. The van der Waals surface area contributed by atoms with Crippen LogP contribution in [0.3, 0.4) is 0 Å².